The molecule has 8 heteroatoms. The molecule has 0 aliphatic heterocycles. The first-order valence-electron chi connectivity index (χ1n) is 7.85. The molecular formula is C18H15F2N3O2S. The fraction of sp³-hybridized carbons (Fsp3) is 0.167. The van der Waals surface area contributed by atoms with E-state index in [0.717, 1.165) is 0 Å². The van der Waals surface area contributed by atoms with E-state index < -0.39 is 11.7 Å². The van der Waals surface area contributed by atoms with Crippen LogP contribution in [-0.2, 0) is 6.54 Å². The number of aromatic nitrogens is 2. The van der Waals surface area contributed by atoms with Gasteiger partial charge in [-0.15, -0.1) is 0 Å². The van der Waals surface area contributed by atoms with Crippen LogP contribution >= 0.6 is 11.8 Å². The highest BCUT2D eigenvalue weighted by atomic mass is 32.2. The predicted octanol–water partition coefficient (Wildman–Crippen LogP) is 3.98. The Labute approximate surface area is 152 Å². The number of aryl methyl sites for hydroxylation is 1. The molecule has 0 atom stereocenters. The maximum Gasteiger partial charge on any atom is 0.288 e. The van der Waals surface area contributed by atoms with Gasteiger partial charge in [0.15, 0.2) is 5.69 Å². The zero-order chi connectivity index (χ0) is 18.7. The van der Waals surface area contributed by atoms with Crippen LogP contribution in [0.3, 0.4) is 0 Å². The summed E-state index contributed by atoms with van der Waals surface area (Å²) in [5.74, 6) is -2.97. The standard InChI is InChI=1S/C18H15F2N3O2S/c1-2-23-17(25)14-6-4-3-5-13(14)15(22-23)16(24)21-11-7-9-12(10-8-11)26-18(19)20/h3-10,18H,2H2,1H3,(H,21,24). The van der Waals surface area contributed by atoms with Crippen LogP contribution in [0.4, 0.5) is 14.5 Å². The molecule has 0 aliphatic rings. The van der Waals surface area contributed by atoms with Gasteiger partial charge in [-0.2, -0.15) is 13.9 Å². The van der Waals surface area contributed by atoms with Crippen LogP contribution in [0.15, 0.2) is 58.2 Å². The summed E-state index contributed by atoms with van der Waals surface area (Å²) in [4.78, 5) is 25.4. The number of benzene rings is 2. The molecule has 1 N–H and O–H groups in total. The Balaban J connectivity index is 1.93. The van der Waals surface area contributed by atoms with Gasteiger partial charge in [0.2, 0.25) is 0 Å². The van der Waals surface area contributed by atoms with Gasteiger partial charge in [-0.3, -0.25) is 9.59 Å². The lowest BCUT2D eigenvalue weighted by atomic mass is 10.1. The molecule has 0 fully saturated rings. The van der Waals surface area contributed by atoms with Crippen molar-refractivity contribution in [1.29, 1.82) is 0 Å². The van der Waals surface area contributed by atoms with Crippen molar-refractivity contribution in [3.05, 3.63) is 64.6 Å². The van der Waals surface area contributed by atoms with Crippen LogP contribution < -0.4 is 10.9 Å². The molecule has 0 saturated carbocycles. The number of fused-ring (bicyclic) bond motifs is 1. The molecule has 0 radical (unpaired) electrons. The third kappa shape index (κ3) is 3.75. The van der Waals surface area contributed by atoms with Gasteiger partial charge in [0, 0.05) is 22.5 Å². The first kappa shape index (κ1) is 18.1. The van der Waals surface area contributed by atoms with Crippen molar-refractivity contribution < 1.29 is 13.6 Å². The molecule has 0 aliphatic carbocycles. The number of nitrogens with zero attached hydrogens (tertiary/aromatic N) is 2. The summed E-state index contributed by atoms with van der Waals surface area (Å²) in [5.41, 5.74) is 0.329. The molecule has 3 aromatic rings. The molecular weight excluding hydrogens is 360 g/mol. The highest BCUT2D eigenvalue weighted by molar-refractivity contribution is 7.99. The zero-order valence-electron chi connectivity index (χ0n) is 13.8. The van der Waals surface area contributed by atoms with Gasteiger partial charge in [0.05, 0.1) is 5.39 Å². The Bertz CT molecular complexity index is 1000. The molecule has 2 aromatic carbocycles. The van der Waals surface area contributed by atoms with Gasteiger partial charge in [0.1, 0.15) is 0 Å². The molecule has 5 nitrogen and oxygen atoms in total. The van der Waals surface area contributed by atoms with Crippen molar-refractivity contribution >= 4 is 34.1 Å². The minimum Gasteiger partial charge on any atom is -0.321 e. The smallest absolute Gasteiger partial charge is 0.288 e. The normalized spacial score (nSPS) is 11.1. The van der Waals surface area contributed by atoms with E-state index in [2.05, 4.69) is 10.4 Å². The molecule has 0 unspecified atom stereocenters. The van der Waals surface area contributed by atoms with Gasteiger partial charge in [-0.05, 0) is 37.3 Å². The highest BCUT2D eigenvalue weighted by Gasteiger charge is 2.16. The average Bonchev–Trinajstić information content (AvgIpc) is 2.63. The van der Waals surface area contributed by atoms with E-state index in [-0.39, 0.29) is 11.3 Å². The SMILES string of the molecule is CCn1nc(C(=O)Nc2ccc(SC(F)F)cc2)c2ccccc2c1=O. The van der Waals surface area contributed by atoms with Gasteiger partial charge in [-0.25, -0.2) is 4.68 Å². The van der Waals surface area contributed by atoms with Crippen molar-refractivity contribution in [2.45, 2.75) is 24.1 Å². The maximum absolute atomic E-state index is 12.7. The summed E-state index contributed by atoms with van der Waals surface area (Å²) >= 11 is 0.434. The molecule has 134 valence electrons. The monoisotopic (exact) mass is 375 g/mol. The molecule has 26 heavy (non-hydrogen) atoms. The quantitative estimate of drug-likeness (QED) is 0.685. The van der Waals surface area contributed by atoms with Crippen molar-refractivity contribution in [1.82, 2.24) is 9.78 Å². The van der Waals surface area contributed by atoms with E-state index in [9.17, 15) is 18.4 Å². The van der Waals surface area contributed by atoms with Crippen molar-refractivity contribution in [2.24, 2.45) is 0 Å². The summed E-state index contributed by atoms with van der Waals surface area (Å²) in [5, 5.41) is 7.73. The van der Waals surface area contributed by atoms with Gasteiger partial charge >= 0.3 is 0 Å². The van der Waals surface area contributed by atoms with Gasteiger partial charge < -0.3 is 5.32 Å². The molecule has 0 spiro atoms. The molecule has 1 heterocycles. The summed E-state index contributed by atoms with van der Waals surface area (Å²) < 4.78 is 26.0. The fourth-order valence-corrected chi connectivity index (χ4v) is 3.03. The van der Waals surface area contributed by atoms with Crippen molar-refractivity contribution in [2.75, 3.05) is 5.32 Å². The van der Waals surface area contributed by atoms with Crippen LogP contribution in [0.2, 0.25) is 0 Å². The first-order valence-corrected chi connectivity index (χ1v) is 8.73. The lowest BCUT2D eigenvalue weighted by Gasteiger charge is -2.10. The lowest BCUT2D eigenvalue weighted by Crippen LogP contribution is -2.27. The number of rotatable bonds is 5. The van der Waals surface area contributed by atoms with E-state index in [0.29, 0.717) is 39.7 Å². The number of hydrogen-bond donors (Lipinski definition) is 1. The Kier molecular flexibility index (Phi) is 5.32. The Morgan fingerprint density at radius 1 is 1.15 bits per heavy atom. The fourth-order valence-electron chi connectivity index (χ4n) is 2.53. The Morgan fingerprint density at radius 3 is 2.42 bits per heavy atom. The third-order valence-electron chi connectivity index (χ3n) is 3.72. The summed E-state index contributed by atoms with van der Waals surface area (Å²) in [7, 11) is 0. The second-order valence-corrected chi connectivity index (χ2v) is 6.44. The van der Waals surface area contributed by atoms with Crippen LogP contribution in [0.5, 0.6) is 0 Å². The number of hydrogen-bond acceptors (Lipinski definition) is 4. The molecule has 0 saturated heterocycles. The minimum atomic E-state index is -2.50. The van der Waals surface area contributed by atoms with Gasteiger partial charge in [-0.1, -0.05) is 30.0 Å². The summed E-state index contributed by atoms with van der Waals surface area (Å²) in [6.07, 6.45) is 0. The molecule has 1 aromatic heterocycles. The molecule has 0 bridgehead atoms. The molecule has 3 rings (SSSR count). The second kappa shape index (κ2) is 7.65. The number of halogens is 2. The van der Waals surface area contributed by atoms with Crippen LogP contribution in [0, 0.1) is 0 Å². The van der Waals surface area contributed by atoms with E-state index in [1.54, 1.807) is 43.3 Å². The Morgan fingerprint density at radius 2 is 1.81 bits per heavy atom. The maximum atomic E-state index is 12.7. The summed E-state index contributed by atoms with van der Waals surface area (Å²) in [6.45, 7) is 2.10. The molecule has 1 amide bonds. The van der Waals surface area contributed by atoms with Crippen molar-refractivity contribution in [3.8, 4) is 0 Å². The Hall–Kier alpha value is -2.74. The van der Waals surface area contributed by atoms with E-state index >= 15 is 0 Å². The van der Waals surface area contributed by atoms with Crippen LogP contribution in [0.25, 0.3) is 10.8 Å². The van der Waals surface area contributed by atoms with Crippen molar-refractivity contribution in [3.63, 3.8) is 0 Å². The lowest BCUT2D eigenvalue weighted by molar-refractivity contribution is 0.102. The third-order valence-corrected chi connectivity index (χ3v) is 4.44. The number of carbonyl (C=O) groups is 1. The van der Waals surface area contributed by atoms with E-state index in [1.165, 1.54) is 16.8 Å². The van der Waals surface area contributed by atoms with E-state index in [4.69, 9.17) is 0 Å². The van der Waals surface area contributed by atoms with E-state index in [1.807, 2.05) is 0 Å². The number of carbonyl (C=O) groups excluding carboxylic acids is 1. The van der Waals surface area contributed by atoms with Crippen LogP contribution in [-0.4, -0.2) is 21.4 Å². The van der Waals surface area contributed by atoms with Crippen LogP contribution in [0.1, 0.15) is 17.4 Å². The number of alkyl halides is 2. The number of anilines is 1. The highest BCUT2D eigenvalue weighted by Crippen LogP contribution is 2.26. The number of thioether (sulfide) groups is 1. The minimum absolute atomic E-state index is 0.132. The largest absolute Gasteiger partial charge is 0.321 e. The van der Waals surface area contributed by atoms with Gasteiger partial charge in [0.25, 0.3) is 17.2 Å². The average molecular weight is 375 g/mol. The predicted molar refractivity (Wildman–Crippen MR) is 97.9 cm³/mol. The topological polar surface area (TPSA) is 64.0 Å². The number of nitrogens with one attached hydrogen (secondary N) is 1. The number of amides is 1. The first-order chi connectivity index (χ1) is 12.5. The second-order valence-electron chi connectivity index (χ2n) is 5.37. The zero-order valence-corrected chi connectivity index (χ0v) is 14.6. The summed E-state index contributed by atoms with van der Waals surface area (Å²) in [6, 6.07) is 12.9.